The van der Waals surface area contributed by atoms with Gasteiger partial charge in [0, 0.05) is 16.2 Å². The monoisotopic (exact) mass is 438 g/mol. The van der Waals surface area contributed by atoms with E-state index in [1.165, 1.54) is 16.7 Å². The molecule has 5 heteroatoms. The normalized spacial score (nSPS) is 15.3. The molecule has 0 saturated heterocycles. The molecule has 0 aliphatic carbocycles. The minimum Gasteiger partial charge on any atom is -0.242 e. The van der Waals surface area contributed by atoms with Gasteiger partial charge in [0.15, 0.2) is 5.84 Å². The van der Waals surface area contributed by atoms with Crippen molar-refractivity contribution in [1.82, 2.24) is 10.0 Å². The van der Waals surface area contributed by atoms with E-state index in [0.717, 1.165) is 33.9 Å². The second-order valence-corrected chi connectivity index (χ2v) is 8.54. The molecule has 0 fully saturated rings. The zero-order valence-corrected chi connectivity index (χ0v) is 18.8. The number of halogens is 1. The maximum Gasteiger partial charge on any atom is 0.184 e. The van der Waals surface area contributed by atoms with Crippen LogP contribution < -0.4 is 0 Å². The summed E-state index contributed by atoms with van der Waals surface area (Å²) in [6.07, 6.45) is 1.89. The zero-order chi connectivity index (χ0) is 22.2. The van der Waals surface area contributed by atoms with Crippen molar-refractivity contribution in [3.05, 3.63) is 118 Å². The fourth-order valence-electron chi connectivity index (χ4n) is 3.87. The van der Waals surface area contributed by atoms with Gasteiger partial charge in [0.1, 0.15) is 5.82 Å². The molecule has 0 N–H and O–H groups in total. The maximum absolute atomic E-state index is 6.14. The summed E-state index contributed by atoms with van der Waals surface area (Å²) in [5.41, 5.74) is 7.77. The SMILES string of the molecule is C=C1N(Cc2ccc(C)cc2)N=C2C(c3ccc(C)cc3)=C(c3ccc(Cl)cc3)C=NN12. The average molecular weight is 439 g/mol. The van der Waals surface area contributed by atoms with Crippen LogP contribution in [0.4, 0.5) is 0 Å². The van der Waals surface area contributed by atoms with Gasteiger partial charge in [-0.1, -0.05) is 90.0 Å². The highest BCUT2D eigenvalue weighted by Crippen LogP contribution is 2.37. The molecule has 158 valence electrons. The molecule has 0 unspecified atom stereocenters. The van der Waals surface area contributed by atoms with Gasteiger partial charge in [-0.05, 0) is 42.7 Å². The van der Waals surface area contributed by atoms with Gasteiger partial charge < -0.3 is 0 Å². The highest BCUT2D eigenvalue weighted by atomic mass is 35.5. The van der Waals surface area contributed by atoms with Crippen molar-refractivity contribution in [3.63, 3.8) is 0 Å². The second kappa shape index (κ2) is 8.13. The van der Waals surface area contributed by atoms with Gasteiger partial charge >= 0.3 is 0 Å². The Hall–Kier alpha value is -3.63. The molecule has 0 saturated carbocycles. The second-order valence-electron chi connectivity index (χ2n) is 8.10. The van der Waals surface area contributed by atoms with Crippen molar-refractivity contribution in [3.8, 4) is 0 Å². The lowest BCUT2D eigenvalue weighted by atomic mass is 9.93. The summed E-state index contributed by atoms with van der Waals surface area (Å²) >= 11 is 6.14. The molecule has 0 bridgehead atoms. The van der Waals surface area contributed by atoms with E-state index in [1.54, 1.807) is 0 Å². The van der Waals surface area contributed by atoms with Crippen molar-refractivity contribution in [2.75, 3.05) is 0 Å². The first-order chi connectivity index (χ1) is 15.5. The first-order valence-corrected chi connectivity index (χ1v) is 10.9. The van der Waals surface area contributed by atoms with Gasteiger partial charge in [-0.3, -0.25) is 0 Å². The molecule has 0 atom stereocenters. The van der Waals surface area contributed by atoms with Gasteiger partial charge in [0.2, 0.25) is 0 Å². The Morgan fingerprint density at radius 2 is 1.41 bits per heavy atom. The minimum atomic E-state index is 0.631. The standard InChI is InChI=1S/C27H23ClN4/c1-18-4-8-21(9-5-18)17-31-20(3)32-27(30-31)26(23-10-6-19(2)7-11-23)25(16-29-32)22-12-14-24(28)15-13-22/h4-16H,3,17H2,1-2H3. The van der Waals surface area contributed by atoms with Crippen molar-refractivity contribution >= 4 is 34.8 Å². The Morgan fingerprint density at radius 1 is 0.812 bits per heavy atom. The summed E-state index contributed by atoms with van der Waals surface area (Å²) in [5, 5.41) is 14.1. The summed E-state index contributed by atoms with van der Waals surface area (Å²) in [5.74, 6) is 1.51. The molecular weight excluding hydrogens is 416 g/mol. The molecule has 2 aliphatic heterocycles. The fraction of sp³-hybridized carbons (Fsp3) is 0.111. The molecule has 3 aromatic carbocycles. The molecule has 0 radical (unpaired) electrons. The number of hydrogen-bond donors (Lipinski definition) is 0. The lowest BCUT2D eigenvalue weighted by Gasteiger charge is -2.24. The maximum atomic E-state index is 6.14. The molecule has 0 amide bonds. The average Bonchev–Trinajstić information content (AvgIpc) is 3.11. The molecule has 2 aliphatic rings. The minimum absolute atomic E-state index is 0.631. The molecule has 32 heavy (non-hydrogen) atoms. The predicted octanol–water partition coefficient (Wildman–Crippen LogP) is 6.47. The number of nitrogens with zero attached hydrogens (tertiary/aromatic N) is 4. The molecule has 2 heterocycles. The molecule has 5 rings (SSSR count). The quantitative estimate of drug-likeness (QED) is 0.467. The lowest BCUT2D eigenvalue weighted by Crippen LogP contribution is -2.27. The summed E-state index contributed by atoms with van der Waals surface area (Å²) in [6, 6.07) is 24.8. The number of allylic oxidation sites excluding steroid dienone is 1. The van der Waals surface area contributed by atoms with Gasteiger partial charge in [0.25, 0.3) is 0 Å². The van der Waals surface area contributed by atoms with Gasteiger partial charge in [-0.25, -0.2) is 5.01 Å². The third-order valence-electron chi connectivity index (χ3n) is 5.70. The van der Waals surface area contributed by atoms with E-state index in [-0.39, 0.29) is 0 Å². The largest absolute Gasteiger partial charge is 0.242 e. The molecule has 3 aromatic rings. The van der Waals surface area contributed by atoms with E-state index in [4.69, 9.17) is 21.8 Å². The van der Waals surface area contributed by atoms with Gasteiger partial charge in [0.05, 0.1) is 12.8 Å². The smallest absolute Gasteiger partial charge is 0.184 e. The lowest BCUT2D eigenvalue weighted by molar-refractivity contribution is 0.318. The van der Waals surface area contributed by atoms with Crippen LogP contribution >= 0.6 is 11.6 Å². The molecule has 0 spiro atoms. The molecular formula is C27H23ClN4. The Balaban J connectivity index is 1.61. The number of hydrazone groups is 2. The highest BCUT2D eigenvalue weighted by Gasteiger charge is 2.34. The van der Waals surface area contributed by atoms with Crippen LogP contribution in [-0.4, -0.2) is 22.1 Å². The Labute approximate surface area is 193 Å². The van der Waals surface area contributed by atoms with Crippen LogP contribution in [0.3, 0.4) is 0 Å². The third kappa shape index (κ3) is 3.74. The van der Waals surface area contributed by atoms with Gasteiger partial charge in [-0.2, -0.15) is 15.2 Å². The van der Waals surface area contributed by atoms with Crippen molar-refractivity contribution in [1.29, 1.82) is 0 Å². The number of fused-ring (bicyclic) bond motifs is 1. The van der Waals surface area contributed by atoms with Crippen LogP contribution in [0.5, 0.6) is 0 Å². The van der Waals surface area contributed by atoms with Crippen molar-refractivity contribution in [2.24, 2.45) is 10.2 Å². The van der Waals surface area contributed by atoms with E-state index < -0.39 is 0 Å². The number of hydrogen-bond acceptors (Lipinski definition) is 4. The van der Waals surface area contributed by atoms with Crippen LogP contribution in [0, 0.1) is 13.8 Å². The van der Waals surface area contributed by atoms with Crippen LogP contribution in [0.2, 0.25) is 5.02 Å². The zero-order valence-electron chi connectivity index (χ0n) is 18.1. The highest BCUT2D eigenvalue weighted by molar-refractivity contribution is 6.40. The summed E-state index contributed by atoms with van der Waals surface area (Å²) in [7, 11) is 0. The fourth-order valence-corrected chi connectivity index (χ4v) is 4.00. The van der Waals surface area contributed by atoms with Crippen molar-refractivity contribution < 1.29 is 0 Å². The number of rotatable bonds is 4. The molecule has 4 nitrogen and oxygen atoms in total. The van der Waals surface area contributed by atoms with E-state index in [9.17, 15) is 0 Å². The molecule has 0 aromatic heterocycles. The van der Waals surface area contributed by atoms with Crippen LogP contribution in [-0.2, 0) is 6.54 Å². The Morgan fingerprint density at radius 3 is 2.06 bits per heavy atom. The number of benzene rings is 3. The Kier molecular flexibility index (Phi) is 5.16. The first-order valence-electron chi connectivity index (χ1n) is 10.5. The number of aryl methyl sites for hydroxylation is 2. The summed E-state index contributed by atoms with van der Waals surface area (Å²) in [6.45, 7) is 9.08. The Bertz CT molecular complexity index is 1270. The summed E-state index contributed by atoms with van der Waals surface area (Å²) in [4.78, 5) is 0. The third-order valence-corrected chi connectivity index (χ3v) is 5.95. The first kappa shape index (κ1) is 20.3. The van der Waals surface area contributed by atoms with Crippen molar-refractivity contribution in [2.45, 2.75) is 20.4 Å². The van der Waals surface area contributed by atoms with Crippen LogP contribution in [0.1, 0.15) is 27.8 Å². The predicted molar refractivity (Wildman–Crippen MR) is 133 cm³/mol. The van der Waals surface area contributed by atoms with E-state index >= 15 is 0 Å². The van der Waals surface area contributed by atoms with Gasteiger partial charge in [-0.15, -0.1) is 0 Å². The van der Waals surface area contributed by atoms with Crippen LogP contribution in [0.25, 0.3) is 11.1 Å². The number of amidine groups is 1. The van der Waals surface area contributed by atoms with Crippen LogP contribution in [0.15, 0.2) is 95.4 Å². The van der Waals surface area contributed by atoms with E-state index in [0.29, 0.717) is 11.6 Å². The topological polar surface area (TPSA) is 31.2 Å². The summed E-state index contributed by atoms with van der Waals surface area (Å²) < 4.78 is 0. The van der Waals surface area contributed by atoms with E-state index in [2.05, 4.69) is 69.0 Å². The van der Waals surface area contributed by atoms with E-state index in [1.807, 2.05) is 40.5 Å².